The molecule has 7 heteroatoms. The highest BCUT2D eigenvalue weighted by atomic mass is 33.1. The van der Waals surface area contributed by atoms with Crippen molar-refractivity contribution in [3.63, 3.8) is 0 Å². The van der Waals surface area contributed by atoms with Gasteiger partial charge in [0.25, 0.3) is 0 Å². The molecule has 0 atom stereocenters. The highest BCUT2D eigenvalue weighted by molar-refractivity contribution is 8.76. The molecule has 0 radical (unpaired) electrons. The van der Waals surface area contributed by atoms with E-state index >= 15 is 0 Å². The van der Waals surface area contributed by atoms with Crippen molar-refractivity contribution >= 4 is 29.4 Å². The monoisotopic (exact) mass is 392 g/mol. The summed E-state index contributed by atoms with van der Waals surface area (Å²) in [5.74, 6) is 0. The van der Waals surface area contributed by atoms with Gasteiger partial charge in [0.2, 0.25) is 0 Å². The molecule has 0 bridgehead atoms. The maximum absolute atomic E-state index is 12.6. The predicted octanol–water partition coefficient (Wildman–Crippen LogP) is 6.35. The fraction of sp³-hybridized carbons (Fsp3) is 0.647. The molecule has 4 nitrogen and oxygen atoms in total. The standard InChI is InChI=1S/C17H29O4PS2/c1-13(2)20-22(18,21-14(3)4)19-12-11-16-9-7-8-10-17(16)24-23-15(5)6/h7-10,13-15H,11-12H2,1-6H3. The Kier molecular flexibility index (Phi) is 10.0. The van der Waals surface area contributed by atoms with Crippen LogP contribution >= 0.6 is 29.4 Å². The number of hydrogen-bond donors (Lipinski definition) is 0. The highest BCUT2D eigenvalue weighted by Gasteiger charge is 2.29. The van der Waals surface area contributed by atoms with E-state index in [1.54, 1.807) is 10.8 Å². The zero-order valence-electron chi connectivity index (χ0n) is 15.4. The van der Waals surface area contributed by atoms with E-state index in [9.17, 15) is 4.57 Å². The Morgan fingerprint density at radius 2 is 1.58 bits per heavy atom. The summed E-state index contributed by atoms with van der Waals surface area (Å²) in [6.07, 6.45) is 0.217. The van der Waals surface area contributed by atoms with E-state index in [0.29, 0.717) is 18.3 Å². The fourth-order valence-corrected chi connectivity index (χ4v) is 5.41. The third-order valence-electron chi connectivity index (χ3n) is 2.60. The topological polar surface area (TPSA) is 44.8 Å². The van der Waals surface area contributed by atoms with E-state index in [4.69, 9.17) is 13.6 Å². The summed E-state index contributed by atoms with van der Waals surface area (Å²) in [6.45, 7) is 11.9. The van der Waals surface area contributed by atoms with E-state index < -0.39 is 7.82 Å². The lowest BCUT2D eigenvalue weighted by Gasteiger charge is -2.22. The molecule has 0 unspecified atom stereocenters. The maximum atomic E-state index is 12.6. The quantitative estimate of drug-likeness (QED) is 0.323. The van der Waals surface area contributed by atoms with Crippen molar-refractivity contribution in [1.29, 1.82) is 0 Å². The lowest BCUT2D eigenvalue weighted by molar-refractivity contribution is 0.0728. The molecule has 0 spiro atoms. The lowest BCUT2D eigenvalue weighted by Crippen LogP contribution is -2.11. The van der Waals surface area contributed by atoms with Crippen molar-refractivity contribution in [3.05, 3.63) is 29.8 Å². The van der Waals surface area contributed by atoms with E-state index in [2.05, 4.69) is 26.0 Å². The van der Waals surface area contributed by atoms with Crippen molar-refractivity contribution in [1.82, 2.24) is 0 Å². The van der Waals surface area contributed by atoms with Crippen molar-refractivity contribution < 1.29 is 18.1 Å². The predicted molar refractivity (Wildman–Crippen MR) is 105 cm³/mol. The van der Waals surface area contributed by atoms with Gasteiger partial charge in [-0.3, -0.25) is 13.6 Å². The molecule has 0 aromatic heterocycles. The van der Waals surface area contributed by atoms with Gasteiger partial charge in [-0.15, -0.1) is 0 Å². The molecule has 0 aliphatic rings. The third-order valence-corrected chi connectivity index (χ3v) is 7.50. The van der Waals surface area contributed by atoms with Gasteiger partial charge in [-0.25, -0.2) is 4.57 Å². The Bertz CT molecular complexity index is 521. The fourth-order valence-electron chi connectivity index (χ4n) is 1.81. The summed E-state index contributed by atoms with van der Waals surface area (Å²) in [4.78, 5) is 1.21. The largest absolute Gasteiger partial charge is 0.475 e. The van der Waals surface area contributed by atoms with Crippen molar-refractivity contribution in [3.8, 4) is 0 Å². The second kappa shape index (κ2) is 10.9. The van der Waals surface area contributed by atoms with Crippen LogP contribution in [-0.2, 0) is 24.6 Å². The van der Waals surface area contributed by atoms with Crippen LogP contribution in [-0.4, -0.2) is 24.1 Å². The summed E-state index contributed by atoms with van der Waals surface area (Å²) in [5.41, 5.74) is 1.18. The first-order valence-electron chi connectivity index (χ1n) is 8.24. The SMILES string of the molecule is CC(C)OP(=O)(OCCc1ccccc1SSC(C)C)OC(C)C. The Morgan fingerprint density at radius 3 is 2.12 bits per heavy atom. The minimum atomic E-state index is -3.53. The second-order valence-electron chi connectivity index (χ2n) is 6.17. The average molecular weight is 393 g/mol. The molecule has 0 aliphatic carbocycles. The molecule has 0 N–H and O–H groups in total. The molecular weight excluding hydrogens is 363 g/mol. The Labute approximate surface area is 154 Å². The first-order valence-corrected chi connectivity index (χ1v) is 11.9. The summed E-state index contributed by atoms with van der Waals surface area (Å²) in [7, 11) is 0.0632. The molecule has 1 aromatic rings. The van der Waals surface area contributed by atoms with E-state index in [0.717, 1.165) is 0 Å². The minimum Gasteiger partial charge on any atom is -0.287 e. The van der Waals surface area contributed by atoms with Crippen LogP contribution in [0.15, 0.2) is 29.2 Å². The zero-order chi connectivity index (χ0) is 18.2. The van der Waals surface area contributed by atoms with Gasteiger partial charge >= 0.3 is 7.82 Å². The Balaban J connectivity index is 2.65. The van der Waals surface area contributed by atoms with Crippen LogP contribution in [0.3, 0.4) is 0 Å². The van der Waals surface area contributed by atoms with Gasteiger partial charge in [-0.2, -0.15) is 0 Å². The third kappa shape index (κ3) is 8.93. The smallest absolute Gasteiger partial charge is 0.287 e. The van der Waals surface area contributed by atoms with E-state index in [1.165, 1.54) is 10.5 Å². The molecule has 0 heterocycles. The van der Waals surface area contributed by atoms with E-state index in [-0.39, 0.29) is 12.2 Å². The Morgan fingerprint density at radius 1 is 1.00 bits per heavy atom. The molecule has 0 fully saturated rings. The van der Waals surface area contributed by atoms with Crippen molar-refractivity contribution in [2.45, 2.75) is 70.3 Å². The van der Waals surface area contributed by atoms with Crippen LogP contribution in [0.1, 0.15) is 47.1 Å². The van der Waals surface area contributed by atoms with Crippen LogP contribution < -0.4 is 0 Å². The second-order valence-corrected chi connectivity index (χ2v) is 10.6. The molecular formula is C17H29O4PS2. The molecule has 0 amide bonds. The number of phosphoric acid groups is 1. The zero-order valence-corrected chi connectivity index (χ0v) is 17.9. The van der Waals surface area contributed by atoms with Gasteiger partial charge in [0.1, 0.15) is 0 Å². The highest BCUT2D eigenvalue weighted by Crippen LogP contribution is 2.51. The summed E-state index contributed by atoms with van der Waals surface area (Å²) >= 11 is 0. The average Bonchev–Trinajstić information content (AvgIpc) is 2.44. The molecule has 138 valence electrons. The van der Waals surface area contributed by atoms with Crippen molar-refractivity contribution in [2.75, 3.05) is 6.61 Å². The van der Waals surface area contributed by atoms with Crippen LogP contribution in [0.2, 0.25) is 0 Å². The molecule has 24 heavy (non-hydrogen) atoms. The molecule has 1 aromatic carbocycles. The van der Waals surface area contributed by atoms with Crippen LogP contribution in [0.4, 0.5) is 0 Å². The first-order chi connectivity index (χ1) is 11.2. The van der Waals surface area contributed by atoms with Gasteiger partial charge < -0.3 is 0 Å². The summed E-state index contributed by atoms with van der Waals surface area (Å²) < 4.78 is 29.0. The van der Waals surface area contributed by atoms with Gasteiger partial charge in [-0.05, 0) is 45.7 Å². The number of phosphoric ester groups is 1. The maximum Gasteiger partial charge on any atom is 0.475 e. The molecule has 0 aliphatic heterocycles. The van der Waals surface area contributed by atoms with Gasteiger partial charge in [0.15, 0.2) is 0 Å². The first kappa shape index (κ1) is 22.1. The Hall–Kier alpha value is 0.0300. The summed E-state index contributed by atoms with van der Waals surface area (Å²) in [6, 6.07) is 8.21. The van der Waals surface area contributed by atoms with Crippen LogP contribution in [0, 0.1) is 0 Å². The van der Waals surface area contributed by atoms with Gasteiger partial charge in [0.05, 0.1) is 18.8 Å². The lowest BCUT2D eigenvalue weighted by atomic mass is 10.2. The number of benzene rings is 1. The number of rotatable bonds is 11. The number of hydrogen-bond acceptors (Lipinski definition) is 6. The van der Waals surface area contributed by atoms with Crippen molar-refractivity contribution in [2.24, 2.45) is 0 Å². The molecule has 0 saturated carbocycles. The molecule has 0 saturated heterocycles. The van der Waals surface area contributed by atoms with Gasteiger partial charge in [-0.1, -0.05) is 53.6 Å². The van der Waals surface area contributed by atoms with Crippen LogP contribution in [0.5, 0.6) is 0 Å². The normalized spacial score (nSPS) is 12.5. The van der Waals surface area contributed by atoms with Crippen LogP contribution in [0.25, 0.3) is 0 Å². The minimum absolute atomic E-state index is 0.222. The van der Waals surface area contributed by atoms with E-state index in [1.807, 2.05) is 50.6 Å². The molecule has 1 rings (SSSR count). The summed E-state index contributed by atoms with van der Waals surface area (Å²) in [5, 5.41) is 0.554. The van der Waals surface area contributed by atoms with Gasteiger partial charge in [0, 0.05) is 10.1 Å².